The first-order valence-corrected chi connectivity index (χ1v) is 13.1. The van der Waals surface area contributed by atoms with Gasteiger partial charge in [-0.1, -0.05) is 0 Å². The summed E-state index contributed by atoms with van der Waals surface area (Å²) in [5.41, 5.74) is 37.6. The Bertz CT molecular complexity index is 919. The van der Waals surface area contributed by atoms with Crippen molar-refractivity contribution in [2.75, 3.05) is 25.4 Å². The van der Waals surface area contributed by atoms with Crippen LogP contribution in [0.4, 0.5) is 0 Å². The quantitative estimate of drug-likeness (QED) is 0.0274. The number of hydrogen-bond acceptors (Lipinski definition) is 9. The van der Waals surface area contributed by atoms with Crippen molar-refractivity contribution in [3.05, 3.63) is 0 Å². The van der Waals surface area contributed by atoms with Crippen molar-refractivity contribution >= 4 is 54.2 Å². The normalized spacial score (nSPS) is 13.4. The number of guanidine groups is 3. The van der Waals surface area contributed by atoms with E-state index in [0.29, 0.717) is 6.42 Å². The van der Waals surface area contributed by atoms with Gasteiger partial charge in [-0.15, -0.1) is 0 Å². The molecule has 18 nitrogen and oxygen atoms in total. The Morgan fingerprint density at radius 3 is 1.27 bits per heavy atom. The number of carbonyl (C=O) groups is 4. The first-order valence-electron chi connectivity index (χ1n) is 12.4. The summed E-state index contributed by atoms with van der Waals surface area (Å²) >= 11 is 3.99. The minimum absolute atomic E-state index is 0.0254. The third-order valence-electron chi connectivity index (χ3n) is 5.25. The zero-order valence-corrected chi connectivity index (χ0v) is 23.2. The van der Waals surface area contributed by atoms with Crippen LogP contribution in [0.1, 0.15) is 38.5 Å². The standard InChI is InChI=1S/C21H43N13O5S/c22-11(10-40)15(35)32-12(4-1-7-29-19(23)24)16(36)33-13(5-2-8-30-20(25)26)17(37)34-14(18(38)39)6-3-9-31-21(27)28/h11-14,40H,1-10,22H2,(H,32,35)(H,33,36)(H,34,37)(H,38,39)(H4,23,24,29)(H4,25,26,30)(H4,27,28,31)/t11-,12-,13-,14-/m0/s1. The molecule has 0 aliphatic rings. The van der Waals surface area contributed by atoms with Crippen molar-refractivity contribution in [1.29, 1.82) is 0 Å². The molecule has 40 heavy (non-hydrogen) atoms. The van der Waals surface area contributed by atoms with E-state index < -0.39 is 47.9 Å². The van der Waals surface area contributed by atoms with Crippen LogP contribution in [0.5, 0.6) is 0 Å². The van der Waals surface area contributed by atoms with E-state index in [9.17, 15) is 24.3 Å². The van der Waals surface area contributed by atoms with Gasteiger partial charge in [-0.3, -0.25) is 29.4 Å². The molecule has 0 radical (unpaired) electrons. The molecule has 0 aromatic carbocycles. The number of rotatable bonds is 20. The fourth-order valence-corrected chi connectivity index (χ4v) is 3.38. The molecule has 4 atom stereocenters. The Hall–Kier alpha value is -4.00. The van der Waals surface area contributed by atoms with Crippen LogP contribution in [0.3, 0.4) is 0 Å². The molecule has 0 unspecified atom stereocenters. The lowest BCUT2D eigenvalue weighted by atomic mass is 10.1. The lowest BCUT2D eigenvalue weighted by Gasteiger charge is -2.25. The third-order valence-corrected chi connectivity index (χ3v) is 5.64. The molecule has 0 saturated carbocycles. The van der Waals surface area contributed by atoms with Gasteiger partial charge in [0.15, 0.2) is 17.9 Å². The molecule has 0 aliphatic carbocycles. The van der Waals surface area contributed by atoms with Crippen LogP contribution in [0.2, 0.25) is 0 Å². The van der Waals surface area contributed by atoms with E-state index in [0.717, 1.165) is 0 Å². The number of thiol groups is 1. The molecule has 19 heteroatoms. The lowest BCUT2D eigenvalue weighted by Crippen LogP contribution is -2.57. The van der Waals surface area contributed by atoms with Gasteiger partial charge in [0, 0.05) is 25.4 Å². The Labute approximate surface area is 237 Å². The van der Waals surface area contributed by atoms with Gasteiger partial charge >= 0.3 is 5.97 Å². The predicted octanol–water partition coefficient (Wildman–Crippen LogP) is -5.06. The maximum atomic E-state index is 13.2. The average Bonchev–Trinajstić information content (AvgIpc) is 2.87. The molecule has 0 fully saturated rings. The van der Waals surface area contributed by atoms with Crippen LogP contribution in [-0.4, -0.2) is 96.2 Å². The highest BCUT2D eigenvalue weighted by Crippen LogP contribution is 2.06. The zero-order chi connectivity index (χ0) is 30.7. The molecular weight excluding hydrogens is 546 g/mol. The smallest absolute Gasteiger partial charge is 0.326 e. The minimum atomic E-state index is -1.28. The first-order chi connectivity index (χ1) is 18.8. The molecule has 0 bridgehead atoms. The Kier molecular flexibility index (Phi) is 18.0. The highest BCUT2D eigenvalue weighted by atomic mass is 32.1. The van der Waals surface area contributed by atoms with Gasteiger partial charge in [0.05, 0.1) is 6.04 Å². The van der Waals surface area contributed by atoms with E-state index >= 15 is 0 Å². The van der Waals surface area contributed by atoms with Crippen molar-refractivity contribution in [1.82, 2.24) is 16.0 Å². The number of nitrogens with two attached hydrogens (primary N) is 7. The fraction of sp³-hybridized carbons (Fsp3) is 0.667. The molecule has 0 heterocycles. The number of amides is 3. The van der Waals surface area contributed by atoms with Crippen LogP contribution in [0.25, 0.3) is 0 Å². The molecule has 3 amide bonds. The van der Waals surface area contributed by atoms with E-state index in [-0.39, 0.29) is 75.4 Å². The molecule has 0 rings (SSSR count). The van der Waals surface area contributed by atoms with E-state index in [4.69, 9.17) is 40.1 Å². The molecule has 228 valence electrons. The summed E-state index contributed by atoms with van der Waals surface area (Å²) in [6, 6.07) is -4.54. The van der Waals surface area contributed by atoms with Crippen molar-refractivity contribution in [2.24, 2.45) is 55.1 Å². The van der Waals surface area contributed by atoms with Gasteiger partial charge in [0.2, 0.25) is 17.7 Å². The van der Waals surface area contributed by atoms with Gasteiger partial charge in [0.1, 0.15) is 18.1 Å². The van der Waals surface area contributed by atoms with Gasteiger partial charge < -0.3 is 61.2 Å². The molecule has 0 aromatic heterocycles. The monoisotopic (exact) mass is 589 g/mol. The SMILES string of the molecule is NC(N)=NCCC[C@H](NC(=O)[C@H](CCCN=C(N)N)NC(=O)[C@H](CCCN=C(N)N)NC(=O)[C@@H](N)CS)C(=O)O. The van der Waals surface area contributed by atoms with Crippen LogP contribution < -0.4 is 56.1 Å². The van der Waals surface area contributed by atoms with Crippen LogP contribution >= 0.6 is 12.6 Å². The summed E-state index contributed by atoms with van der Waals surface area (Å²) < 4.78 is 0. The molecule has 0 saturated heterocycles. The summed E-state index contributed by atoms with van der Waals surface area (Å²) in [5.74, 6) is -3.77. The van der Waals surface area contributed by atoms with E-state index in [2.05, 4.69) is 43.6 Å². The maximum absolute atomic E-state index is 13.2. The Morgan fingerprint density at radius 2 is 0.950 bits per heavy atom. The summed E-state index contributed by atoms with van der Waals surface area (Å²) in [6.07, 6.45) is 1.04. The highest BCUT2D eigenvalue weighted by Gasteiger charge is 2.29. The summed E-state index contributed by atoms with van der Waals surface area (Å²) in [5, 5.41) is 17.1. The van der Waals surface area contributed by atoms with E-state index in [1.165, 1.54) is 0 Å². The van der Waals surface area contributed by atoms with Crippen LogP contribution in [0, 0.1) is 0 Å². The number of aliphatic imine (C=N–C) groups is 3. The summed E-state index contributed by atoms with van der Waals surface area (Å²) in [6.45, 7) is 0.498. The molecular formula is C21H43N13O5S. The Morgan fingerprint density at radius 1 is 0.625 bits per heavy atom. The topological polar surface area (TPSA) is 344 Å². The first kappa shape index (κ1) is 36.0. The second kappa shape index (κ2) is 20.0. The maximum Gasteiger partial charge on any atom is 0.326 e. The van der Waals surface area contributed by atoms with Crippen LogP contribution in [0.15, 0.2) is 15.0 Å². The number of carbonyl (C=O) groups excluding carboxylic acids is 3. The fourth-order valence-electron chi connectivity index (χ4n) is 3.21. The second-order valence-corrected chi connectivity index (χ2v) is 9.02. The molecule has 0 aliphatic heterocycles. The van der Waals surface area contributed by atoms with Crippen molar-refractivity contribution in [3.8, 4) is 0 Å². The number of aliphatic carboxylic acids is 1. The van der Waals surface area contributed by atoms with Gasteiger partial charge in [-0.2, -0.15) is 12.6 Å². The zero-order valence-electron chi connectivity index (χ0n) is 22.3. The minimum Gasteiger partial charge on any atom is -0.480 e. The van der Waals surface area contributed by atoms with Crippen LogP contribution in [-0.2, 0) is 19.2 Å². The molecule has 0 spiro atoms. The summed E-state index contributed by atoms with van der Waals surface area (Å²) in [7, 11) is 0. The average molecular weight is 590 g/mol. The van der Waals surface area contributed by atoms with Crippen molar-refractivity contribution in [3.63, 3.8) is 0 Å². The lowest BCUT2D eigenvalue weighted by molar-refractivity contribution is -0.142. The summed E-state index contributed by atoms with van der Waals surface area (Å²) in [4.78, 5) is 61.9. The highest BCUT2D eigenvalue weighted by molar-refractivity contribution is 7.80. The van der Waals surface area contributed by atoms with Crippen molar-refractivity contribution < 1.29 is 24.3 Å². The number of nitrogens with one attached hydrogen (secondary N) is 3. The Balaban J connectivity index is 5.69. The van der Waals surface area contributed by atoms with Gasteiger partial charge in [-0.25, -0.2) is 4.79 Å². The van der Waals surface area contributed by atoms with Gasteiger partial charge in [-0.05, 0) is 38.5 Å². The van der Waals surface area contributed by atoms with E-state index in [1.54, 1.807) is 0 Å². The third kappa shape index (κ3) is 16.8. The number of hydrogen-bond donors (Lipinski definition) is 12. The molecule has 18 N–H and O–H groups in total. The number of nitrogens with zero attached hydrogens (tertiary/aromatic N) is 3. The number of carboxylic acid groups (broad SMARTS) is 1. The predicted molar refractivity (Wildman–Crippen MR) is 155 cm³/mol. The molecule has 0 aromatic rings. The number of carboxylic acids is 1. The van der Waals surface area contributed by atoms with Crippen molar-refractivity contribution in [2.45, 2.75) is 62.7 Å². The van der Waals surface area contributed by atoms with Gasteiger partial charge in [0.25, 0.3) is 0 Å². The largest absolute Gasteiger partial charge is 0.480 e. The van der Waals surface area contributed by atoms with E-state index in [1.807, 2.05) is 0 Å². The second-order valence-electron chi connectivity index (χ2n) is 8.66.